The van der Waals surface area contributed by atoms with Crippen molar-refractivity contribution in [1.29, 1.82) is 0 Å². The summed E-state index contributed by atoms with van der Waals surface area (Å²) in [7, 11) is 0. The molecule has 3 aromatic rings. The predicted octanol–water partition coefficient (Wildman–Crippen LogP) is 5.45. The van der Waals surface area contributed by atoms with E-state index in [1.165, 1.54) is 12.1 Å². The van der Waals surface area contributed by atoms with Gasteiger partial charge in [-0.15, -0.1) is 0 Å². The van der Waals surface area contributed by atoms with Crippen LogP contribution in [0.4, 0.5) is 14.9 Å². The van der Waals surface area contributed by atoms with Gasteiger partial charge in [0, 0.05) is 31.4 Å². The minimum atomic E-state index is -0.266. The molecule has 0 spiro atoms. The standard InChI is InChI=1S/C30H32FN3O3/c31-25-12-8-23(9-13-25)21-37-28-7-3-4-24(18-28)20-34(26-5-1-2-6-26)29(35)19-22-10-14-27(15-11-22)33-17-16-32-30(33)36/h3-4,7-15,18,26H,1-2,5-6,16-17,19-21H2,(H,32,36). The quantitative estimate of drug-likeness (QED) is 0.424. The summed E-state index contributed by atoms with van der Waals surface area (Å²) in [5, 5.41) is 2.81. The van der Waals surface area contributed by atoms with Crippen LogP contribution in [0, 0.1) is 5.82 Å². The van der Waals surface area contributed by atoms with E-state index in [4.69, 9.17) is 4.74 Å². The summed E-state index contributed by atoms with van der Waals surface area (Å²) in [5.41, 5.74) is 3.70. The number of hydrogen-bond acceptors (Lipinski definition) is 3. The maximum atomic E-state index is 13.5. The highest BCUT2D eigenvalue weighted by Gasteiger charge is 2.27. The van der Waals surface area contributed by atoms with Gasteiger partial charge in [-0.3, -0.25) is 9.69 Å². The SMILES string of the molecule is O=C1NCCN1c1ccc(CC(=O)N(Cc2cccc(OCc3ccc(F)cc3)c2)C2CCCC2)cc1. The van der Waals surface area contributed by atoms with Crippen molar-refractivity contribution in [3.8, 4) is 5.75 Å². The third kappa shape index (κ3) is 6.28. The molecule has 7 heteroatoms. The van der Waals surface area contributed by atoms with Crippen LogP contribution in [-0.2, 0) is 24.4 Å². The Bertz CT molecular complexity index is 1220. The van der Waals surface area contributed by atoms with Gasteiger partial charge in [0.25, 0.3) is 0 Å². The molecule has 0 unspecified atom stereocenters. The average molecular weight is 502 g/mol. The van der Waals surface area contributed by atoms with Crippen LogP contribution < -0.4 is 15.0 Å². The van der Waals surface area contributed by atoms with E-state index >= 15 is 0 Å². The first-order valence-electron chi connectivity index (χ1n) is 12.9. The number of carbonyl (C=O) groups excluding carboxylic acids is 2. The van der Waals surface area contributed by atoms with Crippen LogP contribution in [0.3, 0.4) is 0 Å². The molecule has 3 amide bonds. The monoisotopic (exact) mass is 501 g/mol. The van der Waals surface area contributed by atoms with Crippen LogP contribution in [0.25, 0.3) is 0 Å². The molecule has 192 valence electrons. The lowest BCUT2D eigenvalue weighted by Crippen LogP contribution is -2.39. The van der Waals surface area contributed by atoms with Gasteiger partial charge in [0.1, 0.15) is 18.2 Å². The second kappa shape index (κ2) is 11.5. The van der Waals surface area contributed by atoms with E-state index in [-0.39, 0.29) is 23.8 Å². The Morgan fingerprint density at radius 3 is 2.41 bits per heavy atom. The van der Waals surface area contributed by atoms with Crippen molar-refractivity contribution in [1.82, 2.24) is 10.2 Å². The summed E-state index contributed by atoms with van der Waals surface area (Å²) in [5.74, 6) is 0.565. The molecule has 1 saturated carbocycles. The third-order valence-electron chi connectivity index (χ3n) is 7.12. The summed E-state index contributed by atoms with van der Waals surface area (Å²) in [6.07, 6.45) is 4.65. The number of nitrogens with one attached hydrogen (secondary N) is 1. The second-order valence-corrected chi connectivity index (χ2v) is 9.75. The van der Waals surface area contributed by atoms with Gasteiger partial charge in [-0.2, -0.15) is 0 Å². The molecule has 6 nitrogen and oxygen atoms in total. The van der Waals surface area contributed by atoms with Crippen molar-refractivity contribution in [2.24, 2.45) is 0 Å². The molecule has 3 aromatic carbocycles. The highest BCUT2D eigenvalue weighted by atomic mass is 19.1. The molecule has 0 aromatic heterocycles. The lowest BCUT2D eigenvalue weighted by molar-refractivity contribution is -0.133. The summed E-state index contributed by atoms with van der Waals surface area (Å²) < 4.78 is 19.1. The molecule has 0 bridgehead atoms. The second-order valence-electron chi connectivity index (χ2n) is 9.75. The highest BCUT2D eigenvalue weighted by Crippen LogP contribution is 2.27. The number of hydrogen-bond donors (Lipinski definition) is 1. The van der Waals surface area contributed by atoms with E-state index in [2.05, 4.69) is 5.32 Å². The number of ether oxygens (including phenoxy) is 1. The van der Waals surface area contributed by atoms with Crippen LogP contribution in [-0.4, -0.2) is 36.0 Å². The largest absolute Gasteiger partial charge is 0.489 e. The zero-order chi connectivity index (χ0) is 25.6. The smallest absolute Gasteiger partial charge is 0.321 e. The number of rotatable bonds is 9. The fourth-order valence-corrected chi connectivity index (χ4v) is 5.10. The van der Waals surface area contributed by atoms with E-state index in [0.717, 1.165) is 53.8 Å². The predicted molar refractivity (Wildman–Crippen MR) is 141 cm³/mol. The maximum absolute atomic E-state index is 13.5. The van der Waals surface area contributed by atoms with Crippen LogP contribution >= 0.6 is 0 Å². The van der Waals surface area contributed by atoms with Crippen LogP contribution in [0.2, 0.25) is 0 Å². The van der Waals surface area contributed by atoms with Gasteiger partial charge < -0.3 is 15.0 Å². The molecule has 1 aliphatic heterocycles. The Labute approximate surface area is 217 Å². The fourth-order valence-electron chi connectivity index (χ4n) is 5.10. The topological polar surface area (TPSA) is 61.9 Å². The van der Waals surface area contributed by atoms with Crippen molar-refractivity contribution < 1.29 is 18.7 Å². The first-order chi connectivity index (χ1) is 18.0. The van der Waals surface area contributed by atoms with E-state index in [1.807, 2.05) is 53.4 Å². The normalized spacial score (nSPS) is 15.6. The number of urea groups is 1. The first kappa shape index (κ1) is 24.8. The number of anilines is 1. The van der Waals surface area contributed by atoms with Crippen molar-refractivity contribution in [2.45, 2.75) is 51.3 Å². The molecular formula is C30H32FN3O3. The molecule has 2 fully saturated rings. The molecule has 0 atom stereocenters. The molecule has 37 heavy (non-hydrogen) atoms. The fraction of sp³-hybridized carbons (Fsp3) is 0.333. The van der Waals surface area contributed by atoms with Gasteiger partial charge >= 0.3 is 6.03 Å². The summed E-state index contributed by atoms with van der Waals surface area (Å²) in [6, 6.07) is 22.0. The van der Waals surface area contributed by atoms with Gasteiger partial charge in [0.2, 0.25) is 5.91 Å². The van der Waals surface area contributed by atoms with Crippen molar-refractivity contribution in [2.75, 3.05) is 18.0 Å². The van der Waals surface area contributed by atoms with E-state index in [1.54, 1.807) is 17.0 Å². The third-order valence-corrected chi connectivity index (χ3v) is 7.12. The zero-order valence-corrected chi connectivity index (χ0v) is 20.9. The highest BCUT2D eigenvalue weighted by molar-refractivity contribution is 5.94. The van der Waals surface area contributed by atoms with Gasteiger partial charge in [-0.1, -0.05) is 49.2 Å². The number of benzene rings is 3. The molecule has 0 radical (unpaired) electrons. The molecule has 5 rings (SSSR count). The van der Waals surface area contributed by atoms with Crippen molar-refractivity contribution in [3.05, 3.63) is 95.3 Å². The minimum Gasteiger partial charge on any atom is -0.489 e. The van der Waals surface area contributed by atoms with Crippen molar-refractivity contribution in [3.63, 3.8) is 0 Å². The van der Waals surface area contributed by atoms with E-state index in [0.29, 0.717) is 32.7 Å². The number of nitrogens with zero attached hydrogens (tertiary/aromatic N) is 2. The Balaban J connectivity index is 1.25. The average Bonchev–Trinajstić information content (AvgIpc) is 3.60. The lowest BCUT2D eigenvalue weighted by atomic mass is 10.1. The zero-order valence-electron chi connectivity index (χ0n) is 20.9. The van der Waals surface area contributed by atoms with Gasteiger partial charge in [0.05, 0.1) is 6.42 Å². The first-order valence-corrected chi connectivity index (χ1v) is 12.9. The Kier molecular flexibility index (Phi) is 7.68. The maximum Gasteiger partial charge on any atom is 0.321 e. The molecule has 2 aliphatic rings. The molecular weight excluding hydrogens is 469 g/mol. The van der Waals surface area contributed by atoms with Crippen LogP contribution in [0.1, 0.15) is 42.4 Å². The summed E-state index contributed by atoms with van der Waals surface area (Å²) in [6.45, 7) is 2.18. The molecule has 1 aliphatic carbocycles. The molecule has 1 N–H and O–H groups in total. The minimum absolute atomic E-state index is 0.0832. The number of amides is 3. The Morgan fingerprint density at radius 1 is 0.973 bits per heavy atom. The van der Waals surface area contributed by atoms with Crippen molar-refractivity contribution >= 4 is 17.6 Å². The summed E-state index contributed by atoms with van der Waals surface area (Å²) >= 11 is 0. The lowest BCUT2D eigenvalue weighted by Gasteiger charge is -2.29. The molecule has 1 saturated heterocycles. The van der Waals surface area contributed by atoms with Gasteiger partial charge in [-0.05, 0) is 65.9 Å². The Hall–Kier alpha value is -3.87. The van der Waals surface area contributed by atoms with Crippen LogP contribution in [0.15, 0.2) is 72.8 Å². The number of halogens is 1. The van der Waals surface area contributed by atoms with E-state index in [9.17, 15) is 14.0 Å². The van der Waals surface area contributed by atoms with Crippen LogP contribution in [0.5, 0.6) is 5.75 Å². The summed E-state index contributed by atoms with van der Waals surface area (Å²) in [4.78, 5) is 29.2. The van der Waals surface area contributed by atoms with Gasteiger partial charge in [0.15, 0.2) is 0 Å². The van der Waals surface area contributed by atoms with Gasteiger partial charge in [-0.25, -0.2) is 9.18 Å². The number of carbonyl (C=O) groups is 2. The Morgan fingerprint density at radius 2 is 1.70 bits per heavy atom. The van der Waals surface area contributed by atoms with E-state index < -0.39 is 0 Å². The molecule has 1 heterocycles.